The van der Waals surface area contributed by atoms with Crippen LogP contribution < -0.4 is 5.32 Å². The molecule has 2 rings (SSSR count). The molecule has 0 fully saturated rings. The molecule has 0 radical (unpaired) electrons. The van der Waals surface area contributed by atoms with Crippen LogP contribution in [0.5, 0.6) is 0 Å². The Labute approximate surface area is 123 Å². The molecule has 2 aromatic heterocycles. The van der Waals surface area contributed by atoms with Gasteiger partial charge < -0.3 is 10.4 Å². The quantitative estimate of drug-likeness (QED) is 0.840. The fourth-order valence-electron chi connectivity index (χ4n) is 1.89. The lowest BCUT2D eigenvalue weighted by Gasteiger charge is -2.10. The minimum absolute atomic E-state index is 0.00900. The van der Waals surface area contributed by atoms with Crippen molar-refractivity contribution in [1.29, 1.82) is 0 Å². The highest BCUT2D eigenvalue weighted by atomic mass is 16.4. The molecule has 0 unspecified atom stereocenters. The zero-order valence-corrected chi connectivity index (χ0v) is 12.4. The van der Waals surface area contributed by atoms with Crippen LogP contribution in [-0.2, 0) is 13.5 Å². The molecule has 0 atom stereocenters. The maximum Gasteiger partial charge on any atom is 0.356 e. The molecule has 21 heavy (non-hydrogen) atoms. The molecule has 112 valence electrons. The van der Waals surface area contributed by atoms with Gasteiger partial charge in [0.25, 0.3) is 0 Å². The number of hydrogen-bond acceptors (Lipinski definition) is 5. The van der Waals surface area contributed by atoms with Crippen LogP contribution in [0.2, 0.25) is 0 Å². The second-order valence-corrected chi connectivity index (χ2v) is 5.11. The number of carboxylic acids is 1. The number of nitrogens with one attached hydrogen (secondary N) is 1. The molecular weight excluding hydrogens is 270 g/mol. The zero-order valence-electron chi connectivity index (χ0n) is 12.4. The molecule has 2 aromatic rings. The summed E-state index contributed by atoms with van der Waals surface area (Å²) in [7, 11) is 1.86. The van der Waals surface area contributed by atoms with Crippen molar-refractivity contribution in [3.63, 3.8) is 0 Å². The van der Waals surface area contributed by atoms with Crippen molar-refractivity contribution in [3.8, 4) is 0 Å². The first kappa shape index (κ1) is 15.0. The minimum Gasteiger partial charge on any atom is -0.476 e. The zero-order chi connectivity index (χ0) is 15.4. The van der Waals surface area contributed by atoms with E-state index in [1.54, 1.807) is 4.68 Å². The third-order valence-corrected chi connectivity index (χ3v) is 2.99. The van der Waals surface area contributed by atoms with Crippen LogP contribution in [0.25, 0.3) is 0 Å². The summed E-state index contributed by atoms with van der Waals surface area (Å²) in [6.07, 6.45) is 4.11. The summed E-state index contributed by atoms with van der Waals surface area (Å²) in [6, 6.07) is 1.93. The molecule has 7 nitrogen and oxygen atoms in total. The van der Waals surface area contributed by atoms with E-state index in [1.807, 2.05) is 33.2 Å². The van der Waals surface area contributed by atoms with E-state index in [0.717, 1.165) is 5.69 Å². The predicted octanol–water partition coefficient (Wildman–Crippen LogP) is 1.69. The lowest BCUT2D eigenvalue weighted by molar-refractivity contribution is 0.0691. The molecule has 0 saturated carbocycles. The Bertz CT molecular complexity index is 636. The van der Waals surface area contributed by atoms with Crippen molar-refractivity contribution in [1.82, 2.24) is 19.7 Å². The van der Waals surface area contributed by atoms with Gasteiger partial charge in [-0.2, -0.15) is 5.10 Å². The Morgan fingerprint density at radius 3 is 2.81 bits per heavy atom. The smallest absolute Gasteiger partial charge is 0.356 e. The van der Waals surface area contributed by atoms with Gasteiger partial charge >= 0.3 is 5.97 Å². The summed E-state index contributed by atoms with van der Waals surface area (Å²) in [5.41, 5.74) is 1.39. The minimum atomic E-state index is -1.06. The van der Waals surface area contributed by atoms with E-state index >= 15 is 0 Å². The first-order chi connectivity index (χ1) is 9.97. The monoisotopic (exact) mass is 289 g/mol. The van der Waals surface area contributed by atoms with Gasteiger partial charge in [0, 0.05) is 32.1 Å². The maximum atomic E-state index is 11.3. The van der Waals surface area contributed by atoms with Crippen molar-refractivity contribution in [3.05, 3.63) is 35.7 Å². The number of aromatic carboxylic acids is 1. The van der Waals surface area contributed by atoms with Crippen LogP contribution in [-0.4, -0.2) is 37.4 Å². The van der Waals surface area contributed by atoms with Crippen molar-refractivity contribution in [2.75, 3.05) is 11.9 Å². The van der Waals surface area contributed by atoms with Gasteiger partial charge in [-0.05, 0) is 6.07 Å². The average Bonchev–Trinajstić information content (AvgIpc) is 2.84. The van der Waals surface area contributed by atoms with Gasteiger partial charge in [-0.1, -0.05) is 13.8 Å². The first-order valence-corrected chi connectivity index (χ1v) is 6.80. The highest BCUT2D eigenvalue weighted by Crippen LogP contribution is 2.16. The number of aryl methyl sites for hydroxylation is 1. The lowest BCUT2D eigenvalue weighted by atomic mass is 10.2. The molecule has 0 aromatic carbocycles. The normalized spacial score (nSPS) is 10.9. The standard InChI is InChI=1S/C14H19N5O2/c1-9(2)13-16-8-11(12(17-13)14(20)21)15-6-4-10-5-7-19(3)18-10/h5,7-9,15H,4,6H2,1-3H3,(H,20,21). The summed E-state index contributed by atoms with van der Waals surface area (Å²) in [5, 5.41) is 16.6. The van der Waals surface area contributed by atoms with Gasteiger partial charge in [0.15, 0.2) is 5.69 Å². The number of aromatic nitrogens is 4. The first-order valence-electron chi connectivity index (χ1n) is 6.80. The second kappa shape index (κ2) is 6.34. The maximum absolute atomic E-state index is 11.3. The average molecular weight is 289 g/mol. The van der Waals surface area contributed by atoms with Crippen LogP contribution in [0.15, 0.2) is 18.5 Å². The number of carbonyl (C=O) groups is 1. The highest BCUT2D eigenvalue weighted by Gasteiger charge is 2.15. The highest BCUT2D eigenvalue weighted by molar-refractivity contribution is 5.91. The molecule has 0 saturated heterocycles. The van der Waals surface area contributed by atoms with E-state index in [9.17, 15) is 9.90 Å². The molecule has 0 aliphatic heterocycles. The summed E-state index contributed by atoms with van der Waals surface area (Å²) in [6.45, 7) is 4.42. The lowest BCUT2D eigenvalue weighted by Crippen LogP contribution is -2.14. The molecule has 7 heteroatoms. The van der Waals surface area contributed by atoms with Crippen LogP contribution in [0.4, 0.5) is 5.69 Å². The third-order valence-electron chi connectivity index (χ3n) is 2.99. The van der Waals surface area contributed by atoms with E-state index in [4.69, 9.17) is 0 Å². The summed E-state index contributed by atoms with van der Waals surface area (Å²) < 4.78 is 1.73. The van der Waals surface area contributed by atoms with Crippen molar-refractivity contribution in [2.45, 2.75) is 26.2 Å². The molecule has 0 bridgehead atoms. The van der Waals surface area contributed by atoms with Crippen molar-refractivity contribution < 1.29 is 9.90 Å². The Kier molecular flexibility index (Phi) is 4.52. The number of anilines is 1. The third kappa shape index (κ3) is 3.77. The van der Waals surface area contributed by atoms with E-state index in [-0.39, 0.29) is 11.6 Å². The van der Waals surface area contributed by atoms with E-state index in [2.05, 4.69) is 20.4 Å². The fraction of sp³-hybridized carbons (Fsp3) is 0.429. The summed E-state index contributed by atoms with van der Waals surface area (Å²) >= 11 is 0. The van der Waals surface area contributed by atoms with Gasteiger partial charge in [-0.25, -0.2) is 14.8 Å². The largest absolute Gasteiger partial charge is 0.476 e. The molecule has 2 heterocycles. The van der Waals surface area contributed by atoms with Crippen LogP contribution >= 0.6 is 0 Å². The SMILES string of the molecule is CC(C)c1ncc(NCCc2ccn(C)n2)c(C(=O)O)n1. The van der Waals surface area contributed by atoms with E-state index in [0.29, 0.717) is 24.5 Å². The number of nitrogens with zero attached hydrogens (tertiary/aromatic N) is 4. The summed E-state index contributed by atoms with van der Waals surface area (Å²) in [5.74, 6) is -0.437. The molecule has 0 aliphatic rings. The van der Waals surface area contributed by atoms with Gasteiger partial charge in [-0.15, -0.1) is 0 Å². The van der Waals surface area contributed by atoms with Gasteiger partial charge in [-0.3, -0.25) is 4.68 Å². The number of rotatable bonds is 6. The Morgan fingerprint density at radius 1 is 1.48 bits per heavy atom. The second-order valence-electron chi connectivity index (χ2n) is 5.11. The van der Waals surface area contributed by atoms with Crippen LogP contribution in [0.1, 0.15) is 41.8 Å². The fourth-order valence-corrected chi connectivity index (χ4v) is 1.89. The molecule has 2 N–H and O–H groups in total. The van der Waals surface area contributed by atoms with Crippen LogP contribution in [0, 0.1) is 0 Å². The molecule has 0 aliphatic carbocycles. The molecule has 0 amide bonds. The predicted molar refractivity (Wildman–Crippen MR) is 78.5 cm³/mol. The molecule has 0 spiro atoms. The van der Waals surface area contributed by atoms with Gasteiger partial charge in [0.2, 0.25) is 0 Å². The number of hydrogen-bond donors (Lipinski definition) is 2. The van der Waals surface area contributed by atoms with E-state index in [1.165, 1.54) is 6.20 Å². The van der Waals surface area contributed by atoms with Gasteiger partial charge in [0.05, 0.1) is 17.6 Å². The topological polar surface area (TPSA) is 92.9 Å². The Hall–Kier alpha value is -2.44. The molecular formula is C14H19N5O2. The van der Waals surface area contributed by atoms with Gasteiger partial charge in [0.1, 0.15) is 5.82 Å². The van der Waals surface area contributed by atoms with Crippen LogP contribution in [0.3, 0.4) is 0 Å². The Morgan fingerprint density at radius 2 is 2.24 bits per heavy atom. The number of carboxylic acid groups (broad SMARTS) is 1. The van der Waals surface area contributed by atoms with E-state index < -0.39 is 5.97 Å². The van der Waals surface area contributed by atoms with Crippen molar-refractivity contribution >= 4 is 11.7 Å². The Balaban J connectivity index is 2.06. The summed E-state index contributed by atoms with van der Waals surface area (Å²) in [4.78, 5) is 19.6. The van der Waals surface area contributed by atoms with Crippen molar-refractivity contribution in [2.24, 2.45) is 7.05 Å².